The molecule has 0 radical (unpaired) electrons. The molecule has 2 rings (SSSR count). The Kier molecular flexibility index (Phi) is 8.68. The van der Waals surface area contributed by atoms with E-state index < -0.39 is 4.92 Å². The Labute approximate surface area is 169 Å². The number of aromatic hydroxyl groups is 1. The highest BCUT2D eigenvalue weighted by Gasteiger charge is 2.14. The van der Waals surface area contributed by atoms with Crippen molar-refractivity contribution >= 4 is 28.7 Å². The minimum atomic E-state index is -0.584. The van der Waals surface area contributed by atoms with Crippen LogP contribution in [-0.4, -0.2) is 16.6 Å². The van der Waals surface area contributed by atoms with Crippen LogP contribution in [0.25, 0.3) is 0 Å². The average Bonchev–Trinajstić information content (AvgIpc) is 2.67. The second-order valence-electron chi connectivity index (χ2n) is 6.36. The van der Waals surface area contributed by atoms with Gasteiger partial charge in [0.25, 0.3) is 5.69 Å². The highest BCUT2D eigenvalue weighted by molar-refractivity contribution is 6.30. The fraction of sp³-hybridized carbons (Fsp3) is 0.400. The first-order valence-corrected chi connectivity index (χ1v) is 9.70. The summed E-state index contributed by atoms with van der Waals surface area (Å²) in [7, 11) is 0. The Bertz CT molecular complexity index is 827. The molecule has 7 nitrogen and oxygen atoms in total. The van der Waals surface area contributed by atoms with E-state index in [2.05, 4.69) is 17.2 Å². The molecule has 0 amide bonds. The Balaban J connectivity index is 1.94. The van der Waals surface area contributed by atoms with Gasteiger partial charge < -0.3 is 9.84 Å². The third-order valence-corrected chi connectivity index (χ3v) is 4.35. The van der Waals surface area contributed by atoms with Gasteiger partial charge in [0.15, 0.2) is 5.69 Å². The Hall–Kier alpha value is -2.67. The highest BCUT2D eigenvalue weighted by Crippen LogP contribution is 2.35. The molecule has 0 aliphatic carbocycles. The van der Waals surface area contributed by atoms with Crippen molar-refractivity contribution in [1.29, 1.82) is 0 Å². The van der Waals surface area contributed by atoms with Crippen LogP contribution in [0.2, 0.25) is 5.02 Å². The molecule has 0 bridgehead atoms. The predicted molar refractivity (Wildman–Crippen MR) is 109 cm³/mol. The van der Waals surface area contributed by atoms with E-state index in [0.29, 0.717) is 12.4 Å². The summed E-state index contributed by atoms with van der Waals surface area (Å²) in [6, 6.07) is 8.79. The zero-order chi connectivity index (χ0) is 20.4. The van der Waals surface area contributed by atoms with Gasteiger partial charge >= 0.3 is 0 Å². The van der Waals surface area contributed by atoms with Crippen LogP contribution in [0.15, 0.2) is 46.6 Å². The van der Waals surface area contributed by atoms with Gasteiger partial charge in [-0.05, 0) is 30.7 Å². The van der Waals surface area contributed by atoms with Crippen LogP contribution in [0.4, 0.5) is 17.1 Å². The summed E-state index contributed by atoms with van der Waals surface area (Å²) in [5, 5.41) is 29.2. The van der Waals surface area contributed by atoms with Crippen LogP contribution < -0.4 is 4.74 Å². The molecule has 0 fully saturated rings. The van der Waals surface area contributed by atoms with Crippen LogP contribution in [0.3, 0.4) is 0 Å². The molecule has 2 aromatic carbocycles. The van der Waals surface area contributed by atoms with E-state index in [0.717, 1.165) is 12.8 Å². The summed E-state index contributed by atoms with van der Waals surface area (Å²) in [6.45, 7) is 2.78. The molecule has 0 atom stereocenters. The fourth-order valence-electron chi connectivity index (χ4n) is 2.59. The molecule has 0 unspecified atom stereocenters. The van der Waals surface area contributed by atoms with Crippen LogP contribution >= 0.6 is 11.6 Å². The third-order valence-electron chi connectivity index (χ3n) is 4.11. The minimum absolute atomic E-state index is 0.0530. The number of unbranched alkanes of at least 4 members (excludes halogenated alkanes) is 5. The van der Waals surface area contributed by atoms with Gasteiger partial charge in [0.2, 0.25) is 0 Å². The predicted octanol–water partition coefficient (Wildman–Crippen LogP) is 7.11. The first-order valence-electron chi connectivity index (χ1n) is 9.32. The van der Waals surface area contributed by atoms with Crippen molar-refractivity contribution in [2.45, 2.75) is 45.4 Å². The summed E-state index contributed by atoms with van der Waals surface area (Å²) in [5.41, 5.74) is -0.0111. The van der Waals surface area contributed by atoms with E-state index in [-0.39, 0.29) is 27.8 Å². The molecule has 8 heteroatoms. The number of nitrogens with zero attached hydrogens (tertiary/aromatic N) is 3. The van der Waals surface area contributed by atoms with Crippen LogP contribution in [0, 0.1) is 10.1 Å². The minimum Gasteiger partial charge on any atom is -0.505 e. The zero-order valence-corrected chi connectivity index (χ0v) is 16.6. The number of nitro groups is 1. The standard InChI is InChI=1S/C20H24ClN3O4/c1-2-3-4-5-6-7-12-28-16-9-11-18(20(25)14-16)23-22-17-10-8-15(21)13-19(17)24(26)27/h8-11,13-14,25H,2-7,12H2,1H3. The summed E-state index contributed by atoms with van der Waals surface area (Å²) >= 11 is 5.77. The van der Waals surface area contributed by atoms with Crippen molar-refractivity contribution in [3.8, 4) is 11.5 Å². The van der Waals surface area contributed by atoms with E-state index in [1.165, 1.54) is 49.9 Å². The lowest BCUT2D eigenvalue weighted by Gasteiger charge is -2.07. The van der Waals surface area contributed by atoms with Crippen LogP contribution in [0.5, 0.6) is 11.5 Å². The molecule has 0 aliphatic heterocycles. The molecular formula is C20H24ClN3O4. The van der Waals surface area contributed by atoms with Gasteiger partial charge in [-0.15, -0.1) is 10.2 Å². The number of halogens is 1. The molecule has 0 saturated heterocycles. The van der Waals surface area contributed by atoms with Gasteiger partial charge in [-0.2, -0.15) is 0 Å². The molecular weight excluding hydrogens is 382 g/mol. The normalized spacial score (nSPS) is 11.1. The van der Waals surface area contributed by atoms with Crippen LogP contribution in [0.1, 0.15) is 45.4 Å². The van der Waals surface area contributed by atoms with E-state index in [1.54, 1.807) is 12.1 Å². The zero-order valence-electron chi connectivity index (χ0n) is 15.8. The highest BCUT2D eigenvalue weighted by atomic mass is 35.5. The van der Waals surface area contributed by atoms with Gasteiger partial charge in [-0.3, -0.25) is 10.1 Å². The van der Waals surface area contributed by atoms with E-state index in [1.807, 2.05) is 0 Å². The van der Waals surface area contributed by atoms with Gasteiger partial charge in [0, 0.05) is 17.2 Å². The molecule has 0 spiro atoms. The Morgan fingerprint density at radius 1 is 1.04 bits per heavy atom. The topological polar surface area (TPSA) is 97.3 Å². The fourth-order valence-corrected chi connectivity index (χ4v) is 2.75. The maximum absolute atomic E-state index is 11.1. The molecule has 150 valence electrons. The van der Waals surface area contributed by atoms with Gasteiger partial charge in [-0.25, -0.2) is 0 Å². The van der Waals surface area contributed by atoms with Crippen molar-refractivity contribution < 1.29 is 14.8 Å². The molecule has 0 aromatic heterocycles. The average molecular weight is 406 g/mol. The molecule has 28 heavy (non-hydrogen) atoms. The molecule has 0 aliphatic rings. The van der Waals surface area contributed by atoms with Crippen molar-refractivity contribution in [1.82, 2.24) is 0 Å². The van der Waals surface area contributed by atoms with Crippen molar-refractivity contribution in [2.24, 2.45) is 10.2 Å². The molecule has 0 heterocycles. The lowest BCUT2D eigenvalue weighted by atomic mass is 10.1. The summed E-state index contributed by atoms with van der Waals surface area (Å²) in [4.78, 5) is 10.5. The lowest BCUT2D eigenvalue weighted by molar-refractivity contribution is -0.384. The van der Waals surface area contributed by atoms with Crippen molar-refractivity contribution in [3.05, 3.63) is 51.5 Å². The quantitative estimate of drug-likeness (QED) is 0.186. The monoisotopic (exact) mass is 405 g/mol. The first kappa shape index (κ1) is 21.6. The number of hydrogen-bond acceptors (Lipinski definition) is 6. The molecule has 1 N–H and O–H groups in total. The number of nitro benzene ring substituents is 1. The maximum atomic E-state index is 11.1. The molecule has 2 aromatic rings. The first-order chi connectivity index (χ1) is 13.5. The van der Waals surface area contributed by atoms with Crippen molar-refractivity contribution in [3.63, 3.8) is 0 Å². The van der Waals surface area contributed by atoms with Gasteiger partial charge in [0.1, 0.15) is 17.2 Å². The third kappa shape index (κ3) is 6.81. The van der Waals surface area contributed by atoms with E-state index in [9.17, 15) is 15.2 Å². The Morgan fingerprint density at radius 2 is 1.71 bits per heavy atom. The number of azo groups is 1. The largest absolute Gasteiger partial charge is 0.505 e. The number of phenols is 1. The number of benzene rings is 2. The number of ether oxygens (including phenoxy) is 1. The summed E-state index contributed by atoms with van der Waals surface area (Å²) in [6.07, 6.45) is 7.04. The van der Waals surface area contributed by atoms with E-state index in [4.69, 9.17) is 16.3 Å². The second-order valence-corrected chi connectivity index (χ2v) is 6.79. The molecule has 0 saturated carbocycles. The Morgan fingerprint density at radius 3 is 2.43 bits per heavy atom. The number of hydrogen-bond donors (Lipinski definition) is 1. The SMILES string of the molecule is CCCCCCCCOc1ccc(N=Nc2ccc(Cl)cc2[N+](=O)[O-])c(O)c1. The van der Waals surface area contributed by atoms with Gasteiger partial charge in [0.05, 0.1) is 11.5 Å². The lowest BCUT2D eigenvalue weighted by Crippen LogP contribution is -1.97. The second kappa shape index (κ2) is 11.2. The number of rotatable bonds is 11. The van der Waals surface area contributed by atoms with Crippen LogP contribution in [-0.2, 0) is 0 Å². The van der Waals surface area contributed by atoms with E-state index >= 15 is 0 Å². The number of phenolic OH excluding ortho intramolecular Hbond substituents is 1. The maximum Gasteiger partial charge on any atom is 0.298 e. The summed E-state index contributed by atoms with van der Waals surface area (Å²) < 4.78 is 5.64. The van der Waals surface area contributed by atoms with Crippen molar-refractivity contribution in [2.75, 3.05) is 6.61 Å². The smallest absolute Gasteiger partial charge is 0.298 e. The van der Waals surface area contributed by atoms with Gasteiger partial charge in [-0.1, -0.05) is 50.6 Å². The summed E-state index contributed by atoms with van der Waals surface area (Å²) in [5.74, 6) is 0.434.